The van der Waals surface area contributed by atoms with E-state index in [1.165, 1.54) is 5.56 Å². The summed E-state index contributed by atoms with van der Waals surface area (Å²) in [5.41, 5.74) is 1.30. The zero-order valence-electron chi connectivity index (χ0n) is 11.9. The molecule has 19 heavy (non-hydrogen) atoms. The van der Waals surface area contributed by atoms with E-state index < -0.39 is 0 Å². The summed E-state index contributed by atoms with van der Waals surface area (Å²) in [7, 11) is 0. The van der Waals surface area contributed by atoms with Crippen molar-refractivity contribution in [1.82, 2.24) is 10.2 Å². The Morgan fingerprint density at radius 3 is 2.68 bits per heavy atom. The van der Waals surface area contributed by atoms with Crippen molar-refractivity contribution in [1.29, 1.82) is 0 Å². The van der Waals surface area contributed by atoms with Crippen LogP contribution in [-0.2, 0) is 11.2 Å². The Kier molecular flexibility index (Phi) is 4.97. The van der Waals surface area contributed by atoms with E-state index in [0.717, 1.165) is 32.2 Å². The number of rotatable bonds is 6. The molecule has 1 aliphatic heterocycles. The van der Waals surface area contributed by atoms with Gasteiger partial charge in [-0.25, -0.2) is 0 Å². The van der Waals surface area contributed by atoms with Crippen molar-refractivity contribution in [3.8, 4) is 0 Å². The largest absolute Gasteiger partial charge is 0.326 e. The van der Waals surface area contributed by atoms with E-state index >= 15 is 0 Å². The SMILES string of the molecule is CCCCN1C(=O)C(CCc2ccccc2)NC1C. The van der Waals surface area contributed by atoms with Gasteiger partial charge in [0.2, 0.25) is 5.91 Å². The average Bonchev–Trinajstić information content (AvgIpc) is 2.70. The molecule has 1 heterocycles. The minimum atomic E-state index is -0.00735. The third kappa shape index (κ3) is 3.57. The first-order chi connectivity index (χ1) is 9.22. The predicted octanol–water partition coefficient (Wildman–Crippen LogP) is 2.57. The van der Waals surface area contributed by atoms with Crippen LogP contribution in [0.25, 0.3) is 0 Å². The van der Waals surface area contributed by atoms with Crippen LogP contribution in [0.5, 0.6) is 0 Å². The van der Waals surface area contributed by atoms with Crippen LogP contribution in [0.2, 0.25) is 0 Å². The van der Waals surface area contributed by atoms with Crippen molar-refractivity contribution in [2.24, 2.45) is 0 Å². The number of hydrogen-bond acceptors (Lipinski definition) is 2. The van der Waals surface area contributed by atoms with Gasteiger partial charge in [0.1, 0.15) is 0 Å². The third-order valence-corrected chi connectivity index (χ3v) is 3.81. The standard InChI is InChI=1S/C16H24N2O/c1-3-4-12-18-13(2)17-15(16(18)19)11-10-14-8-6-5-7-9-14/h5-9,13,15,17H,3-4,10-12H2,1-2H3. The smallest absolute Gasteiger partial charge is 0.241 e. The lowest BCUT2D eigenvalue weighted by atomic mass is 10.1. The minimum Gasteiger partial charge on any atom is -0.326 e. The summed E-state index contributed by atoms with van der Waals surface area (Å²) in [6, 6.07) is 10.4. The van der Waals surface area contributed by atoms with Gasteiger partial charge >= 0.3 is 0 Å². The average molecular weight is 260 g/mol. The molecule has 0 aliphatic carbocycles. The van der Waals surface area contributed by atoms with Crippen LogP contribution in [0.15, 0.2) is 30.3 Å². The third-order valence-electron chi connectivity index (χ3n) is 3.81. The highest BCUT2D eigenvalue weighted by molar-refractivity contribution is 5.84. The highest BCUT2D eigenvalue weighted by Gasteiger charge is 2.35. The number of nitrogens with one attached hydrogen (secondary N) is 1. The molecular formula is C16H24N2O. The molecule has 1 N–H and O–H groups in total. The Hall–Kier alpha value is -1.35. The van der Waals surface area contributed by atoms with E-state index in [1.54, 1.807) is 0 Å². The minimum absolute atomic E-state index is 0.00735. The second-order valence-corrected chi connectivity index (χ2v) is 5.30. The first kappa shape index (κ1) is 14.1. The van der Waals surface area contributed by atoms with E-state index in [1.807, 2.05) is 11.0 Å². The van der Waals surface area contributed by atoms with Gasteiger partial charge in [-0.2, -0.15) is 0 Å². The summed E-state index contributed by atoms with van der Waals surface area (Å²) in [5, 5.41) is 3.41. The monoisotopic (exact) mass is 260 g/mol. The Morgan fingerprint density at radius 1 is 1.26 bits per heavy atom. The molecular weight excluding hydrogens is 236 g/mol. The Balaban J connectivity index is 1.86. The van der Waals surface area contributed by atoms with Gasteiger partial charge in [-0.1, -0.05) is 43.7 Å². The van der Waals surface area contributed by atoms with Crippen molar-refractivity contribution in [2.45, 2.75) is 51.7 Å². The van der Waals surface area contributed by atoms with E-state index in [2.05, 4.69) is 43.4 Å². The van der Waals surface area contributed by atoms with Gasteiger partial charge in [-0.05, 0) is 31.7 Å². The fourth-order valence-corrected chi connectivity index (χ4v) is 2.64. The molecule has 1 amide bonds. The molecule has 3 heteroatoms. The van der Waals surface area contributed by atoms with Gasteiger partial charge in [0.25, 0.3) is 0 Å². The van der Waals surface area contributed by atoms with Crippen LogP contribution < -0.4 is 5.32 Å². The van der Waals surface area contributed by atoms with E-state index in [9.17, 15) is 4.79 Å². The zero-order chi connectivity index (χ0) is 13.7. The van der Waals surface area contributed by atoms with E-state index in [4.69, 9.17) is 0 Å². The molecule has 2 unspecified atom stereocenters. The van der Waals surface area contributed by atoms with Crippen LogP contribution in [0, 0.1) is 0 Å². The molecule has 1 aliphatic rings. The number of nitrogens with zero attached hydrogens (tertiary/aromatic N) is 1. The molecule has 1 saturated heterocycles. The summed E-state index contributed by atoms with van der Waals surface area (Å²) in [4.78, 5) is 14.3. The summed E-state index contributed by atoms with van der Waals surface area (Å²) in [6.45, 7) is 5.12. The summed E-state index contributed by atoms with van der Waals surface area (Å²) in [5.74, 6) is 0.275. The maximum absolute atomic E-state index is 12.3. The van der Waals surface area contributed by atoms with Crippen molar-refractivity contribution >= 4 is 5.91 Å². The van der Waals surface area contributed by atoms with Crippen molar-refractivity contribution in [2.75, 3.05) is 6.54 Å². The molecule has 2 rings (SSSR count). The Morgan fingerprint density at radius 2 is 2.00 bits per heavy atom. The quantitative estimate of drug-likeness (QED) is 0.852. The van der Waals surface area contributed by atoms with E-state index in [-0.39, 0.29) is 18.1 Å². The lowest BCUT2D eigenvalue weighted by molar-refractivity contribution is -0.130. The molecule has 104 valence electrons. The van der Waals surface area contributed by atoms with Crippen molar-refractivity contribution in [3.63, 3.8) is 0 Å². The molecule has 0 radical (unpaired) electrons. The first-order valence-electron chi connectivity index (χ1n) is 7.33. The summed E-state index contributed by atoms with van der Waals surface area (Å²) in [6.07, 6.45) is 4.24. The predicted molar refractivity (Wildman–Crippen MR) is 77.8 cm³/mol. The van der Waals surface area contributed by atoms with Crippen LogP contribution >= 0.6 is 0 Å². The number of carbonyl (C=O) groups is 1. The van der Waals surface area contributed by atoms with Crippen LogP contribution in [-0.4, -0.2) is 29.6 Å². The number of unbranched alkanes of at least 4 members (excludes halogenated alkanes) is 1. The van der Waals surface area contributed by atoms with Crippen LogP contribution in [0.1, 0.15) is 38.7 Å². The van der Waals surface area contributed by atoms with E-state index in [0.29, 0.717) is 0 Å². The molecule has 1 fully saturated rings. The van der Waals surface area contributed by atoms with Gasteiger partial charge in [0, 0.05) is 6.54 Å². The molecule has 2 atom stereocenters. The van der Waals surface area contributed by atoms with Gasteiger partial charge in [0.15, 0.2) is 0 Å². The number of aryl methyl sites for hydroxylation is 1. The lowest BCUT2D eigenvalue weighted by Gasteiger charge is -2.20. The zero-order valence-corrected chi connectivity index (χ0v) is 11.9. The van der Waals surface area contributed by atoms with Crippen LogP contribution in [0.4, 0.5) is 0 Å². The summed E-state index contributed by atoms with van der Waals surface area (Å²) >= 11 is 0. The number of carbonyl (C=O) groups excluding carboxylic acids is 1. The Bertz CT molecular complexity index is 404. The maximum Gasteiger partial charge on any atom is 0.241 e. The number of amides is 1. The van der Waals surface area contributed by atoms with Crippen molar-refractivity contribution in [3.05, 3.63) is 35.9 Å². The molecule has 0 saturated carbocycles. The maximum atomic E-state index is 12.3. The molecule has 3 nitrogen and oxygen atoms in total. The topological polar surface area (TPSA) is 32.3 Å². The van der Waals surface area contributed by atoms with Crippen molar-refractivity contribution < 1.29 is 4.79 Å². The second-order valence-electron chi connectivity index (χ2n) is 5.30. The molecule has 1 aromatic carbocycles. The lowest BCUT2D eigenvalue weighted by Crippen LogP contribution is -2.35. The van der Waals surface area contributed by atoms with Gasteiger partial charge in [0.05, 0.1) is 12.2 Å². The van der Waals surface area contributed by atoms with Gasteiger partial charge in [-0.15, -0.1) is 0 Å². The fourth-order valence-electron chi connectivity index (χ4n) is 2.64. The molecule has 0 spiro atoms. The highest BCUT2D eigenvalue weighted by atomic mass is 16.2. The highest BCUT2D eigenvalue weighted by Crippen LogP contribution is 2.16. The number of benzene rings is 1. The normalized spacial score (nSPS) is 23.1. The molecule has 0 bridgehead atoms. The first-order valence-corrected chi connectivity index (χ1v) is 7.33. The van der Waals surface area contributed by atoms with Gasteiger partial charge < -0.3 is 4.90 Å². The Labute approximate surface area is 116 Å². The second kappa shape index (κ2) is 6.71. The fraction of sp³-hybridized carbons (Fsp3) is 0.562. The number of hydrogen-bond donors (Lipinski definition) is 1. The van der Waals surface area contributed by atoms with Crippen LogP contribution in [0.3, 0.4) is 0 Å². The molecule has 1 aromatic rings. The molecule has 0 aromatic heterocycles. The summed E-state index contributed by atoms with van der Waals surface area (Å²) < 4.78 is 0. The van der Waals surface area contributed by atoms with Gasteiger partial charge in [-0.3, -0.25) is 10.1 Å².